The first kappa shape index (κ1) is 23.8. The molecule has 1 N–H and O–H groups in total. The van der Waals surface area contributed by atoms with Crippen LogP contribution in [0.2, 0.25) is 5.02 Å². The highest BCUT2D eigenvalue weighted by Crippen LogP contribution is 2.46. The van der Waals surface area contributed by atoms with Crippen LogP contribution < -0.4 is 5.32 Å². The van der Waals surface area contributed by atoms with Gasteiger partial charge >= 0.3 is 5.97 Å². The van der Waals surface area contributed by atoms with Gasteiger partial charge in [0.2, 0.25) is 0 Å². The summed E-state index contributed by atoms with van der Waals surface area (Å²) in [6.45, 7) is 1.86. The van der Waals surface area contributed by atoms with Gasteiger partial charge in [-0.2, -0.15) is 0 Å². The molecule has 1 fully saturated rings. The van der Waals surface area contributed by atoms with Gasteiger partial charge < -0.3 is 10.1 Å². The van der Waals surface area contributed by atoms with E-state index in [2.05, 4.69) is 5.32 Å². The molecule has 0 spiro atoms. The molecule has 1 heterocycles. The van der Waals surface area contributed by atoms with Crippen LogP contribution in [0.4, 0.5) is 4.39 Å². The molecule has 1 aliphatic heterocycles. The number of hydrogen-bond acceptors (Lipinski definition) is 4. The lowest BCUT2D eigenvalue weighted by atomic mass is 9.71. The van der Waals surface area contributed by atoms with Crippen molar-refractivity contribution >= 4 is 23.4 Å². The molecule has 4 nitrogen and oxygen atoms in total. The molecule has 0 radical (unpaired) electrons. The maximum Gasteiger partial charge on any atom is 0.337 e. The number of dihydropyridines is 1. The standard InChI is InChI=1S/C29H29ClFNO3/c1-17-26(29(34)35-23-5-3-2-4-6-23)27(19-9-13-22(31)14-10-19)28-24(32-17)15-20(16-25(28)33)18-7-11-21(30)12-8-18/h7-14,20,23,27,32H,2-6,15-16H2,1H3. The maximum absolute atomic E-state index is 13.8. The van der Waals surface area contributed by atoms with E-state index in [0.717, 1.165) is 43.4 Å². The number of Topliss-reactive ketones (excluding diaryl/α,β-unsaturated/α-hetero) is 1. The second-order valence-electron chi connectivity index (χ2n) is 9.79. The third kappa shape index (κ3) is 4.92. The van der Waals surface area contributed by atoms with E-state index in [1.807, 2.05) is 31.2 Å². The van der Waals surface area contributed by atoms with Gasteiger partial charge in [-0.05, 0) is 80.3 Å². The van der Waals surface area contributed by atoms with Crippen molar-refractivity contribution in [1.29, 1.82) is 0 Å². The van der Waals surface area contributed by atoms with Gasteiger partial charge in [0, 0.05) is 34.3 Å². The summed E-state index contributed by atoms with van der Waals surface area (Å²) in [6, 6.07) is 13.7. The van der Waals surface area contributed by atoms with Gasteiger partial charge in [-0.15, -0.1) is 0 Å². The zero-order valence-corrected chi connectivity index (χ0v) is 20.5. The van der Waals surface area contributed by atoms with Gasteiger partial charge in [0.1, 0.15) is 11.9 Å². The maximum atomic E-state index is 13.8. The molecule has 5 rings (SSSR count). The van der Waals surface area contributed by atoms with Crippen molar-refractivity contribution in [2.45, 2.75) is 69.8 Å². The number of esters is 1. The molecule has 182 valence electrons. The van der Waals surface area contributed by atoms with Crippen molar-refractivity contribution in [1.82, 2.24) is 5.32 Å². The molecular formula is C29H29ClFNO3. The highest BCUT2D eigenvalue weighted by atomic mass is 35.5. The van der Waals surface area contributed by atoms with Crippen LogP contribution in [-0.2, 0) is 14.3 Å². The summed E-state index contributed by atoms with van der Waals surface area (Å²) in [4.78, 5) is 27.1. The van der Waals surface area contributed by atoms with Crippen LogP contribution in [0.25, 0.3) is 0 Å². The average Bonchev–Trinajstić information content (AvgIpc) is 2.84. The first-order chi connectivity index (χ1) is 16.9. The van der Waals surface area contributed by atoms with Crippen molar-refractivity contribution in [2.24, 2.45) is 0 Å². The number of benzene rings is 2. The number of carbonyl (C=O) groups is 2. The molecule has 0 bridgehead atoms. The lowest BCUT2D eigenvalue weighted by Gasteiger charge is -2.37. The van der Waals surface area contributed by atoms with E-state index < -0.39 is 11.9 Å². The minimum Gasteiger partial charge on any atom is -0.459 e. The van der Waals surface area contributed by atoms with Crippen LogP contribution >= 0.6 is 11.6 Å². The summed E-state index contributed by atoms with van der Waals surface area (Å²) < 4.78 is 19.7. The van der Waals surface area contributed by atoms with Gasteiger partial charge in [0.15, 0.2) is 5.78 Å². The zero-order valence-electron chi connectivity index (χ0n) is 19.8. The predicted molar refractivity (Wildman–Crippen MR) is 133 cm³/mol. The zero-order chi connectivity index (χ0) is 24.5. The van der Waals surface area contributed by atoms with Crippen LogP contribution in [0.3, 0.4) is 0 Å². The number of rotatable bonds is 4. The number of ketones is 1. The second kappa shape index (κ2) is 9.98. The first-order valence-corrected chi connectivity index (χ1v) is 12.7. The first-order valence-electron chi connectivity index (χ1n) is 12.4. The van der Waals surface area contributed by atoms with E-state index in [4.69, 9.17) is 16.3 Å². The summed E-state index contributed by atoms with van der Waals surface area (Å²) in [5, 5.41) is 4.03. The molecular weight excluding hydrogens is 465 g/mol. The van der Waals surface area contributed by atoms with Crippen LogP contribution in [0.1, 0.15) is 74.8 Å². The molecule has 0 saturated heterocycles. The van der Waals surface area contributed by atoms with Crippen molar-refractivity contribution in [3.63, 3.8) is 0 Å². The van der Waals surface area contributed by atoms with Crippen molar-refractivity contribution in [2.75, 3.05) is 0 Å². The van der Waals surface area contributed by atoms with Crippen molar-refractivity contribution < 1.29 is 18.7 Å². The molecule has 2 unspecified atom stereocenters. The minimum atomic E-state index is -0.582. The van der Waals surface area contributed by atoms with E-state index >= 15 is 0 Å². The Balaban J connectivity index is 1.51. The number of allylic oxidation sites excluding steroid dienone is 3. The average molecular weight is 494 g/mol. The van der Waals surface area contributed by atoms with Gasteiger partial charge in [0.25, 0.3) is 0 Å². The second-order valence-corrected chi connectivity index (χ2v) is 10.2. The molecule has 2 aliphatic carbocycles. The molecule has 0 amide bonds. The Morgan fingerprint density at radius 2 is 1.63 bits per heavy atom. The predicted octanol–water partition coefficient (Wildman–Crippen LogP) is 6.72. The topological polar surface area (TPSA) is 55.4 Å². The fourth-order valence-electron chi connectivity index (χ4n) is 5.67. The molecule has 2 atom stereocenters. The van der Waals surface area contributed by atoms with Crippen LogP contribution in [-0.4, -0.2) is 17.9 Å². The Hall–Kier alpha value is -2.92. The van der Waals surface area contributed by atoms with Gasteiger partial charge in [-0.25, -0.2) is 9.18 Å². The highest BCUT2D eigenvalue weighted by Gasteiger charge is 2.41. The quantitative estimate of drug-likeness (QED) is 0.480. The van der Waals surface area contributed by atoms with Gasteiger partial charge in [0.05, 0.1) is 5.57 Å². The van der Waals surface area contributed by atoms with Gasteiger partial charge in [-0.3, -0.25) is 4.79 Å². The third-order valence-electron chi connectivity index (χ3n) is 7.42. The van der Waals surface area contributed by atoms with Crippen LogP contribution in [0, 0.1) is 5.82 Å². The van der Waals surface area contributed by atoms with E-state index in [1.54, 1.807) is 12.1 Å². The molecule has 1 saturated carbocycles. The SMILES string of the molecule is CC1=C(C(=O)OC2CCCCC2)C(c2ccc(F)cc2)C2=C(CC(c3ccc(Cl)cc3)CC2=O)N1. The lowest BCUT2D eigenvalue weighted by molar-refractivity contribution is -0.146. The Labute approximate surface area is 210 Å². The number of halogens is 2. The molecule has 0 aromatic heterocycles. The Kier molecular flexibility index (Phi) is 6.79. The third-order valence-corrected chi connectivity index (χ3v) is 7.67. The molecule has 2 aromatic rings. The number of hydrogen-bond donors (Lipinski definition) is 1. The van der Waals surface area contributed by atoms with E-state index in [0.29, 0.717) is 40.3 Å². The van der Waals surface area contributed by atoms with Crippen LogP contribution in [0.5, 0.6) is 0 Å². The summed E-state index contributed by atoms with van der Waals surface area (Å²) >= 11 is 6.06. The van der Waals surface area contributed by atoms with Crippen molar-refractivity contribution in [3.8, 4) is 0 Å². The summed E-state index contributed by atoms with van der Waals surface area (Å²) in [7, 11) is 0. The summed E-state index contributed by atoms with van der Waals surface area (Å²) in [6.07, 6.45) is 5.87. The van der Waals surface area contributed by atoms with E-state index in [1.165, 1.54) is 12.1 Å². The number of carbonyl (C=O) groups excluding carboxylic acids is 2. The summed E-state index contributed by atoms with van der Waals surface area (Å²) in [5.74, 6) is -1.33. The number of ether oxygens (including phenoxy) is 1. The summed E-state index contributed by atoms with van der Waals surface area (Å²) in [5.41, 5.74) is 4.31. The van der Waals surface area contributed by atoms with E-state index in [-0.39, 0.29) is 23.6 Å². The monoisotopic (exact) mass is 493 g/mol. The molecule has 6 heteroatoms. The minimum absolute atomic E-state index is 0.0107. The molecule has 2 aromatic carbocycles. The Bertz CT molecular complexity index is 1190. The van der Waals surface area contributed by atoms with Crippen molar-refractivity contribution in [3.05, 3.63) is 93.0 Å². The highest BCUT2D eigenvalue weighted by molar-refractivity contribution is 6.30. The Morgan fingerprint density at radius 3 is 2.31 bits per heavy atom. The van der Waals surface area contributed by atoms with Crippen LogP contribution in [0.15, 0.2) is 71.1 Å². The van der Waals surface area contributed by atoms with E-state index in [9.17, 15) is 14.0 Å². The fourth-order valence-corrected chi connectivity index (χ4v) is 5.79. The Morgan fingerprint density at radius 1 is 0.971 bits per heavy atom. The molecule has 35 heavy (non-hydrogen) atoms. The largest absolute Gasteiger partial charge is 0.459 e. The lowest BCUT2D eigenvalue weighted by Crippen LogP contribution is -2.37. The smallest absolute Gasteiger partial charge is 0.337 e. The number of nitrogens with one attached hydrogen (secondary N) is 1. The normalized spacial score (nSPS) is 23.1. The molecule has 3 aliphatic rings. The van der Waals surface area contributed by atoms with Gasteiger partial charge in [-0.1, -0.05) is 42.3 Å². The fraction of sp³-hybridized carbons (Fsp3) is 0.379.